The fraction of sp³-hybridized carbons (Fsp3) is 0.600. The third kappa shape index (κ3) is 3.55. The predicted molar refractivity (Wildman–Crippen MR) is 75.1 cm³/mol. The van der Waals surface area contributed by atoms with Gasteiger partial charge in [0, 0.05) is 18.1 Å². The highest BCUT2D eigenvalue weighted by Crippen LogP contribution is 2.25. The van der Waals surface area contributed by atoms with Crippen LogP contribution in [0.4, 0.5) is 0 Å². The highest BCUT2D eigenvalue weighted by molar-refractivity contribution is 5.26. The molecule has 0 heterocycles. The van der Waals surface area contributed by atoms with Crippen LogP contribution >= 0.6 is 0 Å². The van der Waals surface area contributed by atoms with Crippen LogP contribution in [0.5, 0.6) is 0 Å². The molecule has 3 atom stereocenters. The number of nitrogens with zero attached hydrogens (tertiary/aromatic N) is 1. The van der Waals surface area contributed by atoms with Crippen LogP contribution in [0, 0.1) is 6.92 Å². The van der Waals surface area contributed by atoms with Gasteiger partial charge in [0.1, 0.15) is 0 Å². The SMILES string of the molecule is CCC(C)N(C)C(c1cccc(C)c1)C(C)N. The van der Waals surface area contributed by atoms with E-state index in [-0.39, 0.29) is 6.04 Å². The van der Waals surface area contributed by atoms with Crippen LogP contribution in [0.25, 0.3) is 0 Å². The first-order valence-corrected chi connectivity index (χ1v) is 6.51. The molecule has 0 saturated carbocycles. The van der Waals surface area contributed by atoms with Gasteiger partial charge in [-0.25, -0.2) is 0 Å². The summed E-state index contributed by atoms with van der Waals surface area (Å²) in [7, 11) is 2.17. The molecule has 2 N–H and O–H groups in total. The molecule has 2 nitrogen and oxygen atoms in total. The van der Waals surface area contributed by atoms with Gasteiger partial charge in [-0.05, 0) is 39.8 Å². The Morgan fingerprint density at radius 3 is 2.41 bits per heavy atom. The summed E-state index contributed by atoms with van der Waals surface area (Å²) in [6.45, 7) is 8.69. The van der Waals surface area contributed by atoms with Gasteiger partial charge in [0.05, 0.1) is 0 Å². The molecule has 1 rings (SSSR count). The number of hydrogen-bond acceptors (Lipinski definition) is 2. The Morgan fingerprint density at radius 1 is 1.29 bits per heavy atom. The molecule has 0 saturated heterocycles. The number of rotatable bonds is 5. The van der Waals surface area contributed by atoms with Crippen molar-refractivity contribution in [2.24, 2.45) is 5.73 Å². The number of nitrogens with two attached hydrogens (primary N) is 1. The second kappa shape index (κ2) is 6.18. The minimum Gasteiger partial charge on any atom is -0.326 e. The number of likely N-dealkylation sites (N-methyl/N-ethyl adjacent to an activating group) is 1. The maximum Gasteiger partial charge on any atom is 0.0496 e. The summed E-state index contributed by atoms with van der Waals surface area (Å²) in [6.07, 6.45) is 1.14. The van der Waals surface area contributed by atoms with Crippen molar-refractivity contribution in [3.63, 3.8) is 0 Å². The van der Waals surface area contributed by atoms with E-state index in [2.05, 4.69) is 63.9 Å². The average molecular weight is 234 g/mol. The molecule has 0 aliphatic heterocycles. The van der Waals surface area contributed by atoms with E-state index < -0.39 is 0 Å². The van der Waals surface area contributed by atoms with Crippen molar-refractivity contribution in [2.75, 3.05) is 7.05 Å². The van der Waals surface area contributed by atoms with E-state index in [9.17, 15) is 0 Å². The molecular weight excluding hydrogens is 208 g/mol. The summed E-state index contributed by atoms with van der Waals surface area (Å²) in [5.41, 5.74) is 8.79. The molecule has 17 heavy (non-hydrogen) atoms. The lowest BCUT2D eigenvalue weighted by molar-refractivity contribution is 0.161. The molecule has 2 heteroatoms. The van der Waals surface area contributed by atoms with Gasteiger partial charge in [0.2, 0.25) is 0 Å². The molecule has 0 spiro atoms. The predicted octanol–water partition coefficient (Wildman–Crippen LogP) is 3.11. The highest BCUT2D eigenvalue weighted by Gasteiger charge is 2.23. The number of benzene rings is 1. The normalized spacial score (nSPS) is 16.9. The maximum atomic E-state index is 6.17. The molecule has 1 aromatic carbocycles. The third-order valence-corrected chi connectivity index (χ3v) is 3.61. The fourth-order valence-electron chi connectivity index (χ4n) is 2.33. The lowest BCUT2D eigenvalue weighted by Gasteiger charge is -2.35. The van der Waals surface area contributed by atoms with Gasteiger partial charge >= 0.3 is 0 Å². The number of aryl methyl sites for hydroxylation is 1. The summed E-state index contributed by atoms with van der Waals surface area (Å²) in [4.78, 5) is 2.39. The van der Waals surface area contributed by atoms with E-state index in [1.54, 1.807) is 0 Å². The fourth-order valence-corrected chi connectivity index (χ4v) is 2.33. The van der Waals surface area contributed by atoms with Crippen molar-refractivity contribution in [1.82, 2.24) is 4.90 Å². The van der Waals surface area contributed by atoms with Crippen molar-refractivity contribution in [3.05, 3.63) is 35.4 Å². The van der Waals surface area contributed by atoms with Crippen LogP contribution in [-0.4, -0.2) is 24.0 Å². The van der Waals surface area contributed by atoms with Crippen LogP contribution < -0.4 is 5.73 Å². The van der Waals surface area contributed by atoms with E-state index in [0.717, 1.165) is 6.42 Å². The molecular formula is C15H26N2. The molecule has 0 aliphatic carbocycles. The van der Waals surface area contributed by atoms with Crippen LogP contribution in [0.1, 0.15) is 44.4 Å². The van der Waals surface area contributed by atoms with Gasteiger partial charge in [0.25, 0.3) is 0 Å². The van der Waals surface area contributed by atoms with Gasteiger partial charge in [0.15, 0.2) is 0 Å². The van der Waals surface area contributed by atoms with Gasteiger partial charge in [-0.3, -0.25) is 4.90 Å². The molecule has 3 unspecified atom stereocenters. The first kappa shape index (κ1) is 14.2. The summed E-state index contributed by atoms with van der Waals surface area (Å²) in [6, 6.07) is 9.65. The summed E-state index contributed by atoms with van der Waals surface area (Å²) >= 11 is 0. The molecule has 1 aromatic rings. The molecule has 0 bridgehead atoms. The molecule has 0 amide bonds. The largest absolute Gasteiger partial charge is 0.326 e. The average Bonchev–Trinajstić information content (AvgIpc) is 2.27. The Hall–Kier alpha value is -0.860. The Labute approximate surface area is 106 Å². The Balaban J connectivity index is 3.01. The second-order valence-corrected chi connectivity index (χ2v) is 5.14. The monoisotopic (exact) mass is 234 g/mol. The van der Waals surface area contributed by atoms with Crippen LogP contribution in [0.2, 0.25) is 0 Å². The first-order chi connectivity index (χ1) is 7.97. The van der Waals surface area contributed by atoms with Crippen molar-refractivity contribution in [1.29, 1.82) is 0 Å². The minimum atomic E-state index is 0.135. The lowest BCUT2D eigenvalue weighted by Crippen LogP contribution is -2.41. The Morgan fingerprint density at radius 2 is 1.94 bits per heavy atom. The van der Waals surface area contributed by atoms with Crippen molar-refractivity contribution in [2.45, 2.75) is 52.2 Å². The van der Waals surface area contributed by atoms with E-state index >= 15 is 0 Å². The van der Waals surface area contributed by atoms with Gasteiger partial charge < -0.3 is 5.73 Å². The summed E-state index contributed by atoms with van der Waals surface area (Å²) in [5, 5.41) is 0. The quantitative estimate of drug-likeness (QED) is 0.848. The highest BCUT2D eigenvalue weighted by atomic mass is 15.2. The summed E-state index contributed by atoms with van der Waals surface area (Å²) in [5.74, 6) is 0. The zero-order chi connectivity index (χ0) is 13.0. The zero-order valence-electron chi connectivity index (χ0n) is 11.8. The topological polar surface area (TPSA) is 29.3 Å². The van der Waals surface area contributed by atoms with E-state index in [1.807, 2.05) is 0 Å². The Kier molecular flexibility index (Phi) is 5.16. The maximum absolute atomic E-state index is 6.17. The van der Waals surface area contributed by atoms with Gasteiger partial charge in [-0.15, -0.1) is 0 Å². The second-order valence-electron chi connectivity index (χ2n) is 5.14. The third-order valence-electron chi connectivity index (χ3n) is 3.61. The number of hydrogen-bond donors (Lipinski definition) is 1. The zero-order valence-corrected chi connectivity index (χ0v) is 11.8. The van der Waals surface area contributed by atoms with Gasteiger partial charge in [-0.1, -0.05) is 36.8 Å². The van der Waals surface area contributed by atoms with E-state index in [0.29, 0.717) is 12.1 Å². The molecule has 0 aromatic heterocycles. The smallest absolute Gasteiger partial charge is 0.0496 e. The minimum absolute atomic E-state index is 0.135. The van der Waals surface area contributed by atoms with Gasteiger partial charge in [-0.2, -0.15) is 0 Å². The van der Waals surface area contributed by atoms with E-state index in [1.165, 1.54) is 11.1 Å². The van der Waals surface area contributed by atoms with Crippen LogP contribution in [0.15, 0.2) is 24.3 Å². The molecule has 0 fully saturated rings. The van der Waals surface area contributed by atoms with Crippen LogP contribution in [0.3, 0.4) is 0 Å². The van der Waals surface area contributed by atoms with Crippen molar-refractivity contribution in [3.8, 4) is 0 Å². The lowest BCUT2D eigenvalue weighted by atomic mass is 9.96. The molecule has 96 valence electrons. The standard InChI is InChI=1S/C15H26N2/c1-6-12(3)17(5)15(13(4)16)14-9-7-8-11(2)10-14/h7-10,12-13,15H,6,16H2,1-5H3. The Bertz CT molecular complexity index is 347. The molecule has 0 aliphatic rings. The van der Waals surface area contributed by atoms with Crippen molar-refractivity contribution < 1.29 is 0 Å². The summed E-state index contributed by atoms with van der Waals surface area (Å²) < 4.78 is 0. The van der Waals surface area contributed by atoms with Crippen LogP contribution in [-0.2, 0) is 0 Å². The van der Waals surface area contributed by atoms with Crippen molar-refractivity contribution >= 4 is 0 Å². The van der Waals surface area contributed by atoms with E-state index in [4.69, 9.17) is 5.73 Å². The molecule has 0 radical (unpaired) electrons. The first-order valence-electron chi connectivity index (χ1n) is 6.51.